The average Bonchev–Trinajstić information content (AvgIpc) is 2.96. The fourth-order valence-corrected chi connectivity index (χ4v) is 2.80. The summed E-state index contributed by atoms with van der Waals surface area (Å²) in [7, 11) is 0. The van der Waals surface area contributed by atoms with E-state index in [9.17, 15) is 0 Å². The molecule has 0 aliphatic carbocycles. The van der Waals surface area contributed by atoms with E-state index in [1.54, 1.807) is 11.8 Å². The number of para-hydroxylation sites is 1. The number of hydrogen-bond acceptors (Lipinski definition) is 5. The highest BCUT2D eigenvalue weighted by Gasteiger charge is 2.11. The van der Waals surface area contributed by atoms with E-state index in [2.05, 4.69) is 26.1 Å². The van der Waals surface area contributed by atoms with Crippen LogP contribution in [-0.2, 0) is 5.75 Å². The van der Waals surface area contributed by atoms with Crippen LogP contribution in [0.2, 0.25) is 0 Å². The fourth-order valence-electron chi connectivity index (χ4n) is 1.79. The first kappa shape index (κ1) is 14.2. The van der Waals surface area contributed by atoms with Crippen LogP contribution in [0.25, 0.3) is 11.5 Å². The summed E-state index contributed by atoms with van der Waals surface area (Å²) in [6.07, 6.45) is 0. The maximum Gasteiger partial charge on any atom is 0.260 e. The molecular formula is C15H12BrN3OS. The van der Waals surface area contributed by atoms with Gasteiger partial charge in [0.05, 0.1) is 11.3 Å². The number of nitrogens with zero attached hydrogens (tertiary/aromatic N) is 2. The summed E-state index contributed by atoms with van der Waals surface area (Å²) < 4.78 is 6.34. The van der Waals surface area contributed by atoms with Crippen molar-refractivity contribution in [1.29, 1.82) is 0 Å². The molecule has 0 aliphatic rings. The minimum Gasteiger partial charge on any atom is -0.398 e. The summed E-state index contributed by atoms with van der Waals surface area (Å²) in [6, 6.07) is 15.6. The van der Waals surface area contributed by atoms with Crippen molar-refractivity contribution in [2.45, 2.75) is 10.6 Å². The Hall–Kier alpha value is -1.79. The Morgan fingerprint density at radius 3 is 2.62 bits per heavy atom. The summed E-state index contributed by atoms with van der Waals surface area (Å²) in [5, 5.41) is 3.99. The molecule has 2 aromatic carbocycles. The molecule has 1 aromatic heterocycles. The van der Waals surface area contributed by atoms with Crippen molar-refractivity contribution in [1.82, 2.24) is 10.1 Å². The summed E-state index contributed by atoms with van der Waals surface area (Å²) in [6.45, 7) is 0. The van der Waals surface area contributed by atoms with E-state index in [1.165, 1.54) is 0 Å². The normalized spacial score (nSPS) is 10.7. The molecule has 3 rings (SSSR count). The molecule has 21 heavy (non-hydrogen) atoms. The molecular weight excluding hydrogens is 350 g/mol. The highest BCUT2D eigenvalue weighted by molar-refractivity contribution is 9.10. The van der Waals surface area contributed by atoms with E-state index in [1.807, 2.05) is 48.5 Å². The number of nitrogens with two attached hydrogens (primary N) is 1. The van der Waals surface area contributed by atoms with Crippen LogP contribution in [0, 0.1) is 0 Å². The van der Waals surface area contributed by atoms with Crippen molar-refractivity contribution < 1.29 is 4.52 Å². The third kappa shape index (κ3) is 3.46. The molecule has 6 heteroatoms. The van der Waals surface area contributed by atoms with Gasteiger partial charge in [0, 0.05) is 15.1 Å². The molecule has 0 radical (unpaired) electrons. The van der Waals surface area contributed by atoms with Gasteiger partial charge in [0.25, 0.3) is 5.89 Å². The van der Waals surface area contributed by atoms with E-state index in [-0.39, 0.29) is 0 Å². The van der Waals surface area contributed by atoms with Crippen LogP contribution in [0.3, 0.4) is 0 Å². The lowest BCUT2D eigenvalue weighted by molar-refractivity contribution is 0.425. The molecule has 1 heterocycles. The lowest BCUT2D eigenvalue weighted by Crippen LogP contribution is -1.89. The second-order valence-corrected chi connectivity index (χ2v) is 6.31. The summed E-state index contributed by atoms with van der Waals surface area (Å²) in [5.41, 5.74) is 7.30. The molecule has 0 fully saturated rings. The van der Waals surface area contributed by atoms with Gasteiger partial charge < -0.3 is 10.3 Å². The van der Waals surface area contributed by atoms with Crippen LogP contribution < -0.4 is 5.73 Å². The first-order valence-corrected chi connectivity index (χ1v) is 8.06. The first-order valence-electron chi connectivity index (χ1n) is 6.28. The topological polar surface area (TPSA) is 64.9 Å². The lowest BCUT2D eigenvalue weighted by Gasteiger charge is -1.98. The van der Waals surface area contributed by atoms with E-state index >= 15 is 0 Å². The van der Waals surface area contributed by atoms with Crippen molar-refractivity contribution in [2.75, 3.05) is 5.73 Å². The van der Waals surface area contributed by atoms with Gasteiger partial charge >= 0.3 is 0 Å². The van der Waals surface area contributed by atoms with Gasteiger partial charge in [-0.2, -0.15) is 4.98 Å². The number of anilines is 1. The SMILES string of the molecule is Nc1ccccc1-c1nc(CSc2ccc(Br)cc2)no1. The largest absolute Gasteiger partial charge is 0.398 e. The van der Waals surface area contributed by atoms with Crippen LogP contribution in [-0.4, -0.2) is 10.1 Å². The fraction of sp³-hybridized carbons (Fsp3) is 0.0667. The van der Waals surface area contributed by atoms with Crippen LogP contribution in [0.4, 0.5) is 5.69 Å². The van der Waals surface area contributed by atoms with Gasteiger partial charge in [-0.3, -0.25) is 0 Å². The second-order valence-electron chi connectivity index (χ2n) is 4.35. The zero-order chi connectivity index (χ0) is 14.7. The summed E-state index contributed by atoms with van der Waals surface area (Å²) >= 11 is 5.07. The van der Waals surface area contributed by atoms with E-state index in [0.29, 0.717) is 23.2 Å². The molecule has 0 bridgehead atoms. The number of thioether (sulfide) groups is 1. The zero-order valence-corrected chi connectivity index (χ0v) is 13.4. The van der Waals surface area contributed by atoms with Gasteiger partial charge in [-0.15, -0.1) is 11.8 Å². The molecule has 4 nitrogen and oxygen atoms in total. The Morgan fingerprint density at radius 2 is 1.86 bits per heavy atom. The highest BCUT2D eigenvalue weighted by Crippen LogP contribution is 2.26. The number of halogens is 1. The Balaban J connectivity index is 1.71. The van der Waals surface area contributed by atoms with Gasteiger partial charge in [-0.1, -0.05) is 33.2 Å². The molecule has 2 N–H and O–H groups in total. The van der Waals surface area contributed by atoms with E-state index in [0.717, 1.165) is 14.9 Å². The van der Waals surface area contributed by atoms with E-state index in [4.69, 9.17) is 10.3 Å². The number of benzene rings is 2. The van der Waals surface area contributed by atoms with Crippen molar-refractivity contribution in [2.24, 2.45) is 0 Å². The third-order valence-corrected chi connectivity index (χ3v) is 4.38. The van der Waals surface area contributed by atoms with Crippen LogP contribution in [0.15, 0.2) is 62.4 Å². The van der Waals surface area contributed by atoms with Gasteiger partial charge in [-0.05, 0) is 36.4 Å². The minimum atomic E-state index is 0.458. The molecule has 0 aliphatic heterocycles. The monoisotopic (exact) mass is 361 g/mol. The number of rotatable bonds is 4. The molecule has 3 aromatic rings. The Bertz CT molecular complexity index is 743. The molecule has 0 amide bonds. The van der Waals surface area contributed by atoms with Crippen LogP contribution >= 0.6 is 27.7 Å². The first-order chi connectivity index (χ1) is 10.2. The Morgan fingerprint density at radius 1 is 1.10 bits per heavy atom. The van der Waals surface area contributed by atoms with Crippen molar-refractivity contribution in [3.63, 3.8) is 0 Å². The molecule has 0 saturated heterocycles. The van der Waals surface area contributed by atoms with Gasteiger partial charge in [0.1, 0.15) is 0 Å². The lowest BCUT2D eigenvalue weighted by atomic mass is 10.2. The maximum absolute atomic E-state index is 5.90. The molecule has 0 spiro atoms. The summed E-state index contributed by atoms with van der Waals surface area (Å²) in [5.74, 6) is 1.76. The van der Waals surface area contributed by atoms with E-state index < -0.39 is 0 Å². The molecule has 106 valence electrons. The van der Waals surface area contributed by atoms with Gasteiger partial charge in [-0.25, -0.2) is 0 Å². The summed E-state index contributed by atoms with van der Waals surface area (Å²) in [4.78, 5) is 5.54. The van der Waals surface area contributed by atoms with Crippen molar-refractivity contribution in [3.8, 4) is 11.5 Å². The minimum absolute atomic E-state index is 0.458. The zero-order valence-electron chi connectivity index (χ0n) is 11.0. The number of nitrogen functional groups attached to an aromatic ring is 1. The number of hydrogen-bond donors (Lipinski definition) is 1. The van der Waals surface area contributed by atoms with Crippen LogP contribution in [0.5, 0.6) is 0 Å². The standard InChI is InChI=1S/C15H12BrN3OS/c16-10-5-7-11(8-6-10)21-9-14-18-15(20-19-14)12-3-1-2-4-13(12)17/h1-8H,9,17H2. The van der Waals surface area contributed by atoms with Gasteiger partial charge in [0.2, 0.25) is 0 Å². The van der Waals surface area contributed by atoms with Crippen LogP contribution in [0.1, 0.15) is 5.82 Å². The molecule has 0 atom stereocenters. The van der Waals surface area contributed by atoms with Gasteiger partial charge in [0.15, 0.2) is 5.82 Å². The maximum atomic E-state index is 5.90. The van der Waals surface area contributed by atoms with Crippen molar-refractivity contribution >= 4 is 33.4 Å². The Labute approximate surface area is 134 Å². The third-order valence-electron chi connectivity index (χ3n) is 2.84. The molecule has 0 saturated carbocycles. The quantitative estimate of drug-likeness (QED) is 0.551. The predicted molar refractivity (Wildman–Crippen MR) is 87.8 cm³/mol. The smallest absolute Gasteiger partial charge is 0.260 e. The molecule has 0 unspecified atom stereocenters. The Kier molecular flexibility index (Phi) is 4.26. The number of aromatic nitrogens is 2. The average molecular weight is 362 g/mol. The van der Waals surface area contributed by atoms with Crippen molar-refractivity contribution in [3.05, 3.63) is 58.8 Å². The second kappa shape index (κ2) is 6.32. The predicted octanol–water partition coefficient (Wildman–Crippen LogP) is 4.37. The highest BCUT2D eigenvalue weighted by atomic mass is 79.9.